The summed E-state index contributed by atoms with van der Waals surface area (Å²) in [6.45, 7) is 12.4. The summed E-state index contributed by atoms with van der Waals surface area (Å²) in [5.41, 5.74) is -0.0961. The zero-order chi connectivity index (χ0) is 11.4. The fourth-order valence-corrected chi connectivity index (χ4v) is 1.54. The van der Waals surface area contributed by atoms with Crippen LogP contribution in [0.25, 0.3) is 0 Å². The van der Waals surface area contributed by atoms with Crippen molar-refractivity contribution in [2.75, 3.05) is 0 Å². The first-order chi connectivity index (χ1) is 6.18. The van der Waals surface area contributed by atoms with Gasteiger partial charge in [0.1, 0.15) is 0 Å². The van der Waals surface area contributed by atoms with E-state index in [1.54, 1.807) is 0 Å². The molecule has 0 aromatic rings. The van der Waals surface area contributed by atoms with Crippen LogP contribution in [0.4, 0.5) is 0 Å². The largest absolute Gasteiger partial charge is 0.373 e. The molecule has 0 radical (unpaired) electrons. The summed E-state index contributed by atoms with van der Waals surface area (Å²) in [6, 6.07) is 0. The average molecular weight is 220 g/mol. The van der Waals surface area contributed by atoms with Gasteiger partial charge in [-0.3, -0.25) is 0 Å². The second kappa shape index (κ2) is 5.38. The van der Waals surface area contributed by atoms with E-state index in [4.69, 9.17) is 9.29 Å². The van der Waals surface area contributed by atoms with Crippen molar-refractivity contribution in [2.24, 2.45) is 0 Å². The standard InChI is InChI=1S/C11H24O2S/c1-9(2)13-10(3,4)7-8-11(5,6)14-12/h9,12H,7-8H2,1-6H3. The van der Waals surface area contributed by atoms with Gasteiger partial charge in [-0.1, -0.05) is 0 Å². The number of hydrogen-bond donors (Lipinski definition) is 1. The van der Waals surface area contributed by atoms with Crippen LogP contribution in [0.2, 0.25) is 0 Å². The van der Waals surface area contributed by atoms with Gasteiger partial charge < -0.3 is 9.29 Å². The summed E-state index contributed by atoms with van der Waals surface area (Å²) in [7, 11) is 0. The first-order valence-corrected chi connectivity index (χ1v) is 5.96. The maximum Gasteiger partial charge on any atom is 0.0630 e. The lowest BCUT2D eigenvalue weighted by Gasteiger charge is -2.31. The minimum Gasteiger partial charge on any atom is -0.373 e. The number of rotatable bonds is 6. The molecule has 0 rings (SSSR count). The van der Waals surface area contributed by atoms with Gasteiger partial charge in [0.2, 0.25) is 0 Å². The smallest absolute Gasteiger partial charge is 0.0630 e. The molecule has 0 aromatic heterocycles. The molecule has 1 N–H and O–H groups in total. The highest BCUT2D eigenvalue weighted by Gasteiger charge is 2.25. The van der Waals surface area contributed by atoms with E-state index in [0.717, 1.165) is 24.9 Å². The van der Waals surface area contributed by atoms with Crippen LogP contribution in [0.15, 0.2) is 0 Å². The Morgan fingerprint density at radius 2 is 1.64 bits per heavy atom. The fraction of sp³-hybridized carbons (Fsp3) is 1.00. The third kappa shape index (κ3) is 6.68. The Labute approximate surface area is 92.6 Å². The van der Waals surface area contributed by atoms with Crippen molar-refractivity contribution in [3.8, 4) is 0 Å². The quantitative estimate of drug-likeness (QED) is 0.687. The van der Waals surface area contributed by atoms with Crippen LogP contribution in [0.5, 0.6) is 0 Å². The maximum absolute atomic E-state index is 9.05. The van der Waals surface area contributed by atoms with E-state index in [0.29, 0.717) is 0 Å². The van der Waals surface area contributed by atoms with Crippen molar-refractivity contribution >= 4 is 12.0 Å². The zero-order valence-corrected chi connectivity index (χ0v) is 11.1. The summed E-state index contributed by atoms with van der Waals surface area (Å²) in [6.07, 6.45) is 2.18. The normalized spacial score (nSPS) is 13.7. The monoisotopic (exact) mass is 220 g/mol. The van der Waals surface area contributed by atoms with Crippen molar-refractivity contribution in [3.63, 3.8) is 0 Å². The van der Waals surface area contributed by atoms with Gasteiger partial charge in [0.05, 0.1) is 11.7 Å². The lowest BCUT2D eigenvalue weighted by atomic mass is 9.96. The molecular weight excluding hydrogens is 196 g/mol. The Morgan fingerprint density at radius 1 is 1.14 bits per heavy atom. The molecule has 0 aliphatic carbocycles. The predicted molar refractivity (Wildman–Crippen MR) is 63.8 cm³/mol. The maximum atomic E-state index is 9.05. The molecule has 0 aromatic carbocycles. The van der Waals surface area contributed by atoms with Crippen LogP contribution in [0.3, 0.4) is 0 Å². The second-order valence-corrected chi connectivity index (χ2v) is 6.57. The van der Waals surface area contributed by atoms with Crippen molar-refractivity contribution in [2.45, 2.75) is 70.8 Å². The molecule has 0 aliphatic heterocycles. The van der Waals surface area contributed by atoms with Crippen LogP contribution < -0.4 is 0 Å². The molecule has 0 heterocycles. The van der Waals surface area contributed by atoms with E-state index in [-0.39, 0.29) is 16.5 Å². The lowest BCUT2D eigenvalue weighted by molar-refractivity contribution is -0.0622. The van der Waals surface area contributed by atoms with Gasteiger partial charge in [0.25, 0.3) is 0 Å². The second-order valence-electron chi connectivity index (χ2n) is 5.28. The third-order valence-electron chi connectivity index (χ3n) is 2.13. The summed E-state index contributed by atoms with van der Waals surface area (Å²) >= 11 is 0.931. The van der Waals surface area contributed by atoms with E-state index in [9.17, 15) is 0 Å². The topological polar surface area (TPSA) is 29.5 Å². The highest BCUT2D eigenvalue weighted by molar-refractivity contribution is 7.95. The van der Waals surface area contributed by atoms with E-state index < -0.39 is 0 Å². The molecule has 86 valence electrons. The zero-order valence-electron chi connectivity index (χ0n) is 10.3. The Kier molecular flexibility index (Phi) is 5.48. The first kappa shape index (κ1) is 14.3. The van der Waals surface area contributed by atoms with Crippen molar-refractivity contribution in [1.82, 2.24) is 0 Å². The van der Waals surface area contributed by atoms with Crippen molar-refractivity contribution < 1.29 is 9.29 Å². The van der Waals surface area contributed by atoms with Crippen LogP contribution in [0.1, 0.15) is 54.4 Å². The molecule has 0 spiro atoms. The minimum absolute atomic E-state index is 0.0718. The summed E-state index contributed by atoms with van der Waals surface area (Å²) in [5, 5.41) is 0. The molecule has 0 saturated heterocycles. The van der Waals surface area contributed by atoms with Crippen LogP contribution in [-0.2, 0) is 4.74 Å². The summed E-state index contributed by atoms with van der Waals surface area (Å²) in [4.78, 5) is 0. The van der Waals surface area contributed by atoms with E-state index in [2.05, 4.69) is 13.8 Å². The van der Waals surface area contributed by atoms with Gasteiger partial charge in [-0.05, 0) is 66.4 Å². The highest BCUT2D eigenvalue weighted by Crippen LogP contribution is 2.30. The SMILES string of the molecule is CC(C)OC(C)(C)CCC(C)(C)SO. The molecule has 2 nitrogen and oxygen atoms in total. The van der Waals surface area contributed by atoms with E-state index >= 15 is 0 Å². The molecule has 0 aliphatic rings. The Balaban J connectivity index is 3.98. The molecule has 0 atom stereocenters. The Bertz CT molecular complexity index is 165. The molecule has 0 bridgehead atoms. The van der Waals surface area contributed by atoms with Crippen molar-refractivity contribution in [1.29, 1.82) is 0 Å². The summed E-state index contributed by atoms with van der Waals surface area (Å²) in [5.74, 6) is 0. The molecule has 3 heteroatoms. The van der Waals surface area contributed by atoms with E-state index in [1.165, 1.54) is 0 Å². The minimum atomic E-state index is -0.0961. The molecule has 0 fully saturated rings. The Hall–Kier alpha value is 0.270. The molecule has 0 unspecified atom stereocenters. The molecular formula is C11H24O2S. The molecule has 0 saturated carbocycles. The molecule has 14 heavy (non-hydrogen) atoms. The molecule has 0 amide bonds. The summed E-state index contributed by atoms with van der Waals surface area (Å²) < 4.78 is 14.8. The van der Waals surface area contributed by atoms with E-state index in [1.807, 2.05) is 27.7 Å². The number of ether oxygens (including phenoxy) is 1. The lowest BCUT2D eigenvalue weighted by Crippen LogP contribution is -2.30. The number of hydrogen-bond acceptors (Lipinski definition) is 3. The first-order valence-electron chi connectivity index (χ1n) is 5.19. The van der Waals surface area contributed by atoms with Gasteiger partial charge >= 0.3 is 0 Å². The van der Waals surface area contributed by atoms with Gasteiger partial charge in [-0.25, -0.2) is 0 Å². The van der Waals surface area contributed by atoms with Crippen molar-refractivity contribution in [3.05, 3.63) is 0 Å². The van der Waals surface area contributed by atoms with Crippen LogP contribution in [-0.4, -0.2) is 21.0 Å². The van der Waals surface area contributed by atoms with Gasteiger partial charge in [0, 0.05) is 4.75 Å². The van der Waals surface area contributed by atoms with Gasteiger partial charge in [0.15, 0.2) is 0 Å². The van der Waals surface area contributed by atoms with Crippen LogP contribution in [0, 0.1) is 0 Å². The fourth-order valence-electron chi connectivity index (χ4n) is 1.34. The predicted octanol–water partition coefficient (Wildman–Crippen LogP) is 3.96. The Morgan fingerprint density at radius 3 is 2.00 bits per heavy atom. The van der Waals surface area contributed by atoms with Gasteiger partial charge in [-0.2, -0.15) is 0 Å². The highest BCUT2D eigenvalue weighted by atomic mass is 32.2. The third-order valence-corrected chi connectivity index (χ3v) is 2.83. The average Bonchev–Trinajstić information content (AvgIpc) is 1.99. The van der Waals surface area contributed by atoms with Gasteiger partial charge in [-0.15, -0.1) is 0 Å². The van der Waals surface area contributed by atoms with Crippen LogP contribution >= 0.6 is 12.0 Å².